The van der Waals surface area contributed by atoms with E-state index < -0.39 is 10.0 Å². The highest BCUT2D eigenvalue weighted by molar-refractivity contribution is 14.0. The molecule has 0 aliphatic rings. The summed E-state index contributed by atoms with van der Waals surface area (Å²) in [6, 6.07) is 11.6. The van der Waals surface area contributed by atoms with E-state index in [1.54, 1.807) is 18.4 Å². The fourth-order valence-corrected chi connectivity index (χ4v) is 3.99. The summed E-state index contributed by atoms with van der Waals surface area (Å²) in [4.78, 5) is 4.14. The van der Waals surface area contributed by atoms with E-state index in [1.165, 1.54) is 5.56 Å². The number of thiophene rings is 1. The molecule has 0 radical (unpaired) electrons. The molecular weight excluding hydrogens is 495 g/mol. The van der Waals surface area contributed by atoms with E-state index in [2.05, 4.69) is 44.1 Å². The molecule has 0 amide bonds. The van der Waals surface area contributed by atoms with Crippen LogP contribution in [0.2, 0.25) is 0 Å². The van der Waals surface area contributed by atoms with Crippen LogP contribution in [0, 0.1) is 0 Å². The number of benzene rings is 1. The molecule has 1 unspecified atom stereocenters. The van der Waals surface area contributed by atoms with Crippen LogP contribution in [0.1, 0.15) is 24.0 Å². The van der Waals surface area contributed by atoms with E-state index in [1.807, 2.05) is 30.3 Å². The van der Waals surface area contributed by atoms with Crippen molar-refractivity contribution in [1.82, 2.24) is 15.4 Å². The minimum Gasteiger partial charge on any atom is -0.356 e. The molecule has 1 heterocycles. The maximum Gasteiger partial charge on any atom is 0.213 e. The third-order valence-corrected chi connectivity index (χ3v) is 5.94. The van der Waals surface area contributed by atoms with Gasteiger partial charge in [-0.05, 0) is 33.9 Å². The van der Waals surface area contributed by atoms with Crippen LogP contribution in [0.25, 0.3) is 0 Å². The molecule has 0 saturated carbocycles. The van der Waals surface area contributed by atoms with Gasteiger partial charge in [0, 0.05) is 26.7 Å². The van der Waals surface area contributed by atoms with Gasteiger partial charge >= 0.3 is 0 Å². The summed E-state index contributed by atoms with van der Waals surface area (Å²) in [7, 11) is -1.67. The smallest absolute Gasteiger partial charge is 0.213 e. The quantitative estimate of drug-likeness (QED) is 0.269. The predicted octanol–water partition coefficient (Wildman–Crippen LogP) is 2.75. The van der Waals surface area contributed by atoms with Gasteiger partial charge in [-0.25, -0.2) is 13.1 Å². The zero-order valence-electron chi connectivity index (χ0n) is 15.5. The average molecular weight is 522 g/mol. The van der Waals surface area contributed by atoms with Crippen LogP contribution in [0.15, 0.2) is 52.2 Å². The van der Waals surface area contributed by atoms with E-state index in [0.29, 0.717) is 18.4 Å². The Balaban J connectivity index is 0.00000364. The molecule has 0 fully saturated rings. The first-order valence-corrected chi connectivity index (χ1v) is 11.1. The van der Waals surface area contributed by atoms with Crippen molar-refractivity contribution in [1.29, 1.82) is 0 Å². The summed E-state index contributed by atoms with van der Waals surface area (Å²) in [6.07, 6.45) is 0. The lowest BCUT2D eigenvalue weighted by Gasteiger charge is -2.15. The van der Waals surface area contributed by atoms with E-state index >= 15 is 0 Å². The van der Waals surface area contributed by atoms with Gasteiger partial charge in [0.25, 0.3) is 0 Å². The molecule has 27 heavy (non-hydrogen) atoms. The van der Waals surface area contributed by atoms with Crippen LogP contribution in [-0.4, -0.2) is 40.3 Å². The molecule has 1 aromatic carbocycles. The third-order valence-electron chi connectivity index (χ3n) is 3.91. The van der Waals surface area contributed by atoms with Crippen molar-refractivity contribution >= 4 is 51.3 Å². The summed E-state index contributed by atoms with van der Waals surface area (Å²) in [5.74, 6) is 0.946. The molecule has 1 atom stereocenters. The molecule has 3 N–H and O–H groups in total. The standard InChI is InChI=1S/C18H26N4O2S2.HI/c1-15(17-8-10-25-14-17)12-21-18(19-2)20-9-11-26(23,24)22-13-16-6-4-3-5-7-16;/h3-8,10,14-15,22H,9,11-13H2,1-2H3,(H2,19,20,21);1H. The lowest BCUT2D eigenvalue weighted by molar-refractivity contribution is 0.579. The van der Waals surface area contributed by atoms with E-state index in [-0.39, 0.29) is 36.3 Å². The van der Waals surface area contributed by atoms with Gasteiger partial charge < -0.3 is 10.6 Å². The predicted molar refractivity (Wildman–Crippen MR) is 125 cm³/mol. The maximum atomic E-state index is 12.1. The molecule has 0 bridgehead atoms. The molecule has 6 nitrogen and oxygen atoms in total. The van der Waals surface area contributed by atoms with Crippen LogP contribution >= 0.6 is 35.3 Å². The van der Waals surface area contributed by atoms with Crippen LogP contribution in [0.5, 0.6) is 0 Å². The number of hydrogen-bond donors (Lipinski definition) is 3. The average Bonchev–Trinajstić information content (AvgIpc) is 3.18. The van der Waals surface area contributed by atoms with Crippen LogP contribution < -0.4 is 15.4 Å². The second-order valence-electron chi connectivity index (χ2n) is 5.96. The first-order chi connectivity index (χ1) is 12.5. The summed E-state index contributed by atoms with van der Waals surface area (Å²) in [5.41, 5.74) is 2.22. The number of nitrogens with zero attached hydrogens (tertiary/aromatic N) is 1. The van der Waals surface area contributed by atoms with Gasteiger partial charge in [-0.2, -0.15) is 11.3 Å². The first-order valence-electron chi connectivity index (χ1n) is 8.48. The molecule has 0 aliphatic carbocycles. The Morgan fingerprint density at radius 1 is 1.19 bits per heavy atom. The zero-order chi connectivity index (χ0) is 18.8. The monoisotopic (exact) mass is 522 g/mol. The minimum atomic E-state index is -3.34. The van der Waals surface area contributed by atoms with Crippen molar-refractivity contribution in [3.05, 3.63) is 58.3 Å². The Morgan fingerprint density at radius 3 is 2.56 bits per heavy atom. The minimum absolute atomic E-state index is 0. The number of nitrogens with one attached hydrogen (secondary N) is 3. The Kier molecular flexibility index (Phi) is 10.9. The molecule has 2 rings (SSSR count). The second-order valence-corrected chi connectivity index (χ2v) is 8.67. The van der Waals surface area contributed by atoms with Crippen molar-refractivity contribution in [2.45, 2.75) is 19.4 Å². The summed E-state index contributed by atoms with van der Waals surface area (Å²) in [6.45, 7) is 3.46. The molecule has 1 aromatic heterocycles. The normalized spacial score (nSPS) is 12.9. The fraction of sp³-hybridized carbons (Fsp3) is 0.389. The molecule has 150 valence electrons. The highest BCUT2D eigenvalue weighted by atomic mass is 127. The first kappa shape index (κ1) is 23.9. The number of aliphatic imine (C=N–C) groups is 1. The maximum absolute atomic E-state index is 12.1. The molecular formula is C18H27IN4O2S2. The molecule has 2 aromatic rings. The molecule has 0 spiro atoms. The highest BCUT2D eigenvalue weighted by Crippen LogP contribution is 2.16. The van der Waals surface area contributed by atoms with Gasteiger partial charge in [-0.15, -0.1) is 24.0 Å². The highest BCUT2D eigenvalue weighted by Gasteiger charge is 2.11. The lowest BCUT2D eigenvalue weighted by atomic mass is 10.1. The van der Waals surface area contributed by atoms with E-state index in [9.17, 15) is 8.42 Å². The van der Waals surface area contributed by atoms with Gasteiger partial charge in [0.1, 0.15) is 0 Å². The van der Waals surface area contributed by atoms with Crippen LogP contribution in [0.3, 0.4) is 0 Å². The van der Waals surface area contributed by atoms with Gasteiger partial charge in [-0.1, -0.05) is 37.3 Å². The fourth-order valence-electron chi connectivity index (χ4n) is 2.31. The molecule has 0 saturated heterocycles. The van der Waals surface area contributed by atoms with Crippen molar-refractivity contribution in [2.75, 3.05) is 25.9 Å². The Hall–Kier alpha value is -1.17. The summed E-state index contributed by atoms with van der Waals surface area (Å²) >= 11 is 1.68. The van der Waals surface area contributed by atoms with Crippen molar-refractivity contribution in [2.24, 2.45) is 4.99 Å². The second kappa shape index (κ2) is 12.3. The van der Waals surface area contributed by atoms with E-state index in [4.69, 9.17) is 0 Å². The van der Waals surface area contributed by atoms with E-state index in [0.717, 1.165) is 12.1 Å². The lowest BCUT2D eigenvalue weighted by Crippen LogP contribution is -2.42. The number of rotatable bonds is 9. The summed E-state index contributed by atoms with van der Waals surface area (Å²) in [5, 5.41) is 10.5. The van der Waals surface area contributed by atoms with Crippen LogP contribution in [-0.2, 0) is 16.6 Å². The van der Waals surface area contributed by atoms with Crippen molar-refractivity contribution in [3.63, 3.8) is 0 Å². The summed E-state index contributed by atoms with van der Waals surface area (Å²) < 4.78 is 26.8. The Labute approximate surface area is 182 Å². The van der Waals surface area contributed by atoms with Crippen molar-refractivity contribution < 1.29 is 8.42 Å². The molecule has 9 heteroatoms. The third kappa shape index (κ3) is 9.04. The van der Waals surface area contributed by atoms with Gasteiger partial charge in [0.15, 0.2) is 5.96 Å². The largest absolute Gasteiger partial charge is 0.356 e. The van der Waals surface area contributed by atoms with Crippen molar-refractivity contribution in [3.8, 4) is 0 Å². The Bertz CT molecular complexity index is 781. The zero-order valence-corrected chi connectivity index (χ0v) is 19.5. The van der Waals surface area contributed by atoms with Gasteiger partial charge in [-0.3, -0.25) is 4.99 Å². The Morgan fingerprint density at radius 2 is 1.93 bits per heavy atom. The molecule has 0 aliphatic heterocycles. The number of halogens is 1. The SMILES string of the molecule is CN=C(NCCS(=O)(=O)NCc1ccccc1)NCC(C)c1ccsc1.I. The van der Waals surface area contributed by atoms with Crippen LogP contribution in [0.4, 0.5) is 0 Å². The van der Waals surface area contributed by atoms with Gasteiger partial charge in [0.05, 0.1) is 5.75 Å². The number of hydrogen-bond acceptors (Lipinski definition) is 4. The number of sulfonamides is 1. The number of guanidine groups is 1. The van der Waals surface area contributed by atoms with Gasteiger partial charge in [0.2, 0.25) is 10.0 Å². The topological polar surface area (TPSA) is 82.6 Å².